The van der Waals surface area contributed by atoms with Crippen molar-refractivity contribution in [3.63, 3.8) is 0 Å². The highest BCUT2D eigenvalue weighted by Crippen LogP contribution is 2.28. The van der Waals surface area contributed by atoms with Gasteiger partial charge in [-0.05, 0) is 44.9 Å². The highest BCUT2D eigenvalue weighted by atomic mass is 35.5. The Morgan fingerprint density at radius 3 is 2.68 bits per heavy atom. The molecule has 1 aliphatic rings. The highest BCUT2D eigenvalue weighted by Gasteiger charge is 2.23. The van der Waals surface area contributed by atoms with Crippen LogP contribution < -0.4 is 10.2 Å². The standard InChI is InChI=1S/C25H29ClN4O5S2/c1-16(2)37(34,35)30-14-18(11-23(30)26)25(33)27-13-21(32)12-24-28-22(15-36-24)17-4-3-5-19(10-17)29-8-6-20(31)7-9-29/h3-5,10-11,14-16,20,31H,6-9,12-13H2,1-2H3,(H,27,33). The van der Waals surface area contributed by atoms with Crippen LogP contribution in [0.4, 0.5) is 5.69 Å². The first-order chi connectivity index (χ1) is 17.5. The van der Waals surface area contributed by atoms with Crippen LogP contribution in [0.15, 0.2) is 41.9 Å². The lowest BCUT2D eigenvalue weighted by Crippen LogP contribution is -2.35. The van der Waals surface area contributed by atoms with Crippen molar-refractivity contribution in [2.75, 3.05) is 24.5 Å². The van der Waals surface area contributed by atoms with E-state index in [-0.39, 0.29) is 35.6 Å². The summed E-state index contributed by atoms with van der Waals surface area (Å²) in [6.07, 6.45) is 2.49. The fourth-order valence-corrected chi connectivity index (χ4v) is 6.28. The third kappa shape index (κ3) is 6.40. The zero-order valence-electron chi connectivity index (χ0n) is 20.6. The van der Waals surface area contributed by atoms with Gasteiger partial charge in [-0.2, -0.15) is 0 Å². The molecule has 37 heavy (non-hydrogen) atoms. The summed E-state index contributed by atoms with van der Waals surface area (Å²) in [5, 5.41) is 14.0. The second-order valence-corrected chi connectivity index (χ2v) is 12.9. The largest absolute Gasteiger partial charge is 0.393 e. The molecule has 198 valence electrons. The molecule has 0 unspecified atom stereocenters. The molecule has 2 N–H and O–H groups in total. The molecule has 4 rings (SSSR count). The molecule has 12 heteroatoms. The predicted molar refractivity (Wildman–Crippen MR) is 145 cm³/mol. The first-order valence-electron chi connectivity index (χ1n) is 11.9. The number of amides is 1. The predicted octanol–water partition coefficient (Wildman–Crippen LogP) is 3.35. The Hall–Kier alpha value is -2.73. The van der Waals surface area contributed by atoms with Crippen LogP contribution in [0.1, 0.15) is 42.1 Å². The number of nitrogens with one attached hydrogen (secondary N) is 1. The number of halogens is 1. The van der Waals surface area contributed by atoms with Crippen molar-refractivity contribution in [2.24, 2.45) is 0 Å². The van der Waals surface area contributed by atoms with E-state index >= 15 is 0 Å². The van der Waals surface area contributed by atoms with Crippen molar-refractivity contribution in [3.05, 3.63) is 57.6 Å². The monoisotopic (exact) mass is 564 g/mol. The number of aromatic nitrogens is 2. The maximum absolute atomic E-state index is 12.5. The summed E-state index contributed by atoms with van der Waals surface area (Å²) in [5.74, 6) is -0.815. The molecule has 3 aromatic rings. The van der Waals surface area contributed by atoms with Crippen LogP contribution in [-0.2, 0) is 21.2 Å². The van der Waals surface area contributed by atoms with Crippen molar-refractivity contribution in [1.82, 2.24) is 14.3 Å². The molecule has 0 aliphatic carbocycles. The number of nitrogens with zero attached hydrogens (tertiary/aromatic N) is 3. The minimum Gasteiger partial charge on any atom is -0.393 e. The maximum Gasteiger partial charge on any atom is 0.253 e. The first-order valence-corrected chi connectivity index (χ1v) is 14.7. The quantitative estimate of drug-likeness (QED) is 0.409. The van der Waals surface area contributed by atoms with Gasteiger partial charge in [0.2, 0.25) is 10.0 Å². The molecule has 1 saturated heterocycles. The Morgan fingerprint density at radius 2 is 1.97 bits per heavy atom. The van der Waals surface area contributed by atoms with E-state index in [2.05, 4.69) is 21.3 Å². The molecular weight excluding hydrogens is 536 g/mol. The van der Waals surface area contributed by atoms with Crippen molar-refractivity contribution in [2.45, 2.75) is 44.5 Å². The number of anilines is 1. The summed E-state index contributed by atoms with van der Waals surface area (Å²) in [7, 11) is -3.71. The molecule has 2 aromatic heterocycles. The van der Waals surface area contributed by atoms with E-state index in [9.17, 15) is 23.1 Å². The van der Waals surface area contributed by atoms with Gasteiger partial charge < -0.3 is 15.3 Å². The number of thiazole rings is 1. The third-order valence-electron chi connectivity index (χ3n) is 6.19. The number of aliphatic hydroxyl groups excluding tert-OH is 1. The molecular formula is C25H29ClN4O5S2. The zero-order chi connectivity index (χ0) is 26.7. The maximum atomic E-state index is 12.5. The van der Waals surface area contributed by atoms with Gasteiger partial charge >= 0.3 is 0 Å². The van der Waals surface area contributed by atoms with E-state index in [1.807, 2.05) is 23.6 Å². The minimum atomic E-state index is -3.71. The van der Waals surface area contributed by atoms with Crippen LogP contribution in [0.25, 0.3) is 11.3 Å². The van der Waals surface area contributed by atoms with Crippen LogP contribution in [0.3, 0.4) is 0 Å². The number of carbonyl (C=O) groups excluding carboxylic acids is 2. The van der Waals surface area contributed by atoms with Crippen LogP contribution in [0.2, 0.25) is 5.15 Å². The van der Waals surface area contributed by atoms with Gasteiger partial charge in [0.1, 0.15) is 10.2 Å². The first kappa shape index (κ1) is 27.3. The van der Waals surface area contributed by atoms with Gasteiger partial charge in [0.05, 0.1) is 35.6 Å². The fourth-order valence-electron chi connectivity index (χ4n) is 3.99. The van der Waals surface area contributed by atoms with Crippen LogP contribution >= 0.6 is 22.9 Å². The number of carbonyl (C=O) groups is 2. The molecule has 0 atom stereocenters. The molecule has 3 heterocycles. The number of ketones is 1. The van der Waals surface area contributed by atoms with Gasteiger partial charge in [-0.3, -0.25) is 9.59 Å². The molecule has 1 amide bonds. The third-order valence-corrected chi connectivity index (χ3v) is 9.47. The number of Topliss-reactive ketones (excluding diaryl/α,β-unsaturated/α-hetero) is 1. The van der Waals surface area contributed by atoms with Gasteiger partial charge in [-0.1, -0.05) is 23.7 Å². The van der Waals surface area contributed by atoms with Crippen molar-refractivity contribution in [3.8, 4) is 11.3 Å². The van der Waals surface area contributed by atoms with Gasteiger partial charge in [-0.25, -0.2) is 17.4 Å². The lowest BCUT2D eigenvalue weighted by molar-refractivity contribution is -0.117. The summed E-state index contributed by atoms with van der Waals surface area (Å²) in [4.78, 5) is 31.8. The van der Waals surface area contributed by atoms with Crippen molar-refractivity contribution < 1.29 is 23.1 Å². The number of rotatable bonds is 9. The number of piperidine rings is 1. The van der Waals surface area contributed by atoms with Crippen molar-refractivity contribution >= 4 is 50.3 Å². The Balaban J connectivity index is 1.34. The molecule has 0 saturated carbocycles. The van der Waals surface area contributed by atoms with E-state index in [1.54, 1.807) is 0 Å². The number of aliphatic hydroxyl groups is 1. The van der Waals surface area contributed by atoms with E-state index in [1.165, 1.54) is 31.3 Å². The number of hydrogen-bond donors (Lipinski definition) is 2. The lowest BCUT2D eigenvalue weighted by Gasteiger charge is -2.31. The molecule has 0 bridgehead atoms. The molecule has 0 radical (unpaired) electrons. The Morgan fingerprint density at radius 1 is 1.24 bits per heavy atom. The Kier molecular flexibility index (Phi) is 8.37. The Labute approximate surface area is 225 Å². The van der Waals surface area contributed by atoms with E-state index < -0.39 is 21.2 Å². The minimum absolute atomic E-state index is 0.0571. The normalized spacial score (nSPS) is 14.8. The van der Waals surface area contributed by atoms with Gasteiger partial charge in [0, 0.05) is 35.9 Å². The van der Waals surface area contributed by atoms with Gasteiger partial charge in [0.25, 0.3) is 5.91 Å². The van der Waals surface area contributed by atoms with E-state index in [4.69, 9.17) is 11.6 Å². The summed E-state index contributed by atoms with van der Waals surface area (Å²) in [6.45, 7) is 4.43. The SMILES string of the molecule is CC(C)S(=O)(=O)n1cc(C(=O)NCC(=O)Cc2nc(-c3cccc(N4CCC(O)CC4)c3)cs2)cc1Cl. The number of benzene rings is 1. The fraction of sp³-hybridized carbons (Fsp3) is 0.400. The van der Waals surface area contributed by atoms with Crippen molar-refractivity contribution in [1.29, 1.82) is 0 Å². The van der Waals surface area contributed by atoms with Gasteiger partial charge in [-0.15, -0.1) is 11.3 Å². The van der Waals surface area contributed by atoms with Crippen LogP contribution in [0.5, 0.6) is 0 Å². The molecule has 1 fully saturated rings. The summed E-state index contributed by atoms with van der Waals surface area (Å²) in [6, 6.07) is 9.31. The topological polar surface area (TPSA) is 122 Å². The summed E-state index contributed by atoms with van der Waals surface area (Å²) < 4.78 is 25.6. The summed E-state index contributed by atoms with van der Waals surface area (Å²) >= 11 is 7.39. The molecule has 1 aromatic carbocycles. The van der Waals surface area contributed by atoms with Crippen LogP contribution in [0, 0.1) is 0 Å². The highest BCUT2D eigenvalue weighted by molar-refractivity contribution is 7.90. The average molecular weight is 565 g/mol. The van der Waals surface area contributed by atoms with Crippen LogP contribution in [-0.4, -0.2) is 65.2 Å². The molecule has 9 nitrogen and oxygen atoms in total. The summed E-state index contributed by atoms with van der Waals surface area (Å²) in [5.41, 5.74) is 2.86. The smallest absolute Gasteiger partial charge is 0.253 e. The van der Waals surface area contributed by atoms with E-state index in [0.717, 1.165) is 53.0 Å². The van der Waals surface area contributed by atoms with Gasteiger partial charge in [0.15, 0.2) is 5.78 Å². The average Bonchev–Trinajstić information content (AvgIpc) is 3.50. The number of hydrogen-bond acceptors (Lipinski definition) is 8. The second kappa shape index (κ2) is 11.3. The molecule has 1 aliphatic heterocycles. The second-order valence-electron chi connectivity index (χ2n) is 9.23. The van der Waals surface area contributed by atoms with E-state index in [0.29, 0.717) is 5.01 Å². The molecule has 0 spiro atoms. The lowest BCUT2D eigenvalue weighted by atomic mass is 10.1. The Bertz CT molecular complexity index is 1390. The zero-order valence-corrected chi connectivity index (χ0v) is 22.9.